The monoisotopic (exact) mass is 245 g/mol. The number of ether oxygens (including phenoxy) is 1. The van der Waals surface area contributed by atoms with Crippen molar-refractivity contribution in [2.45, 2.75) is 6.54 Å². The number of hydrogen-bond donors (Lipinski definition) is 1. The van der Waals surface area contributed by atoms with E-state index in [9.17, 15) is 4.39 Å². The summed E-state index contributed by atoms with van der Waals surface area (Å²) in [7, 11) is 0. The Morgan fingerprint density at radius 2 is 1.83 bits per heavy atom. The summed E-state index contributed by atoms with van der Waals surface area (Å²) in [6.45, 7) is 2.06. The SMILES string of the molecule is Fc1cccc(OCCNCc2ccccc2)c1. The van der Waals surface area contributed by atoms with Gasteiger partial charge in [-0.2, -0.15) is 0 Å². The van der Waals surface area contributed by atoms with Crippen molar-refractivity contribution in [3.8, 4) is 5.75 Å². The molecule has 0 aliphatic heterocycles. The summed E-state index contributed by atoms with van der Waals surface area (Å²) in [6, 6.07) is 16.3. The van der Waals surface area contributed by atoms with Crippen LogP contribution in [-0.2, 0) is 6.54 Å². The molecule has 0 aliphatic carbocycles. The lowest BCUT2D eigenvalue weighted by Crippen LogP contribution is -2.20. The van der Waals surface area contributed by atoms with Crippen LogP contribution in [-0.4, -0.2) is 13.2 Å². The predicted molar refractivity (Wildman–Crippen MR) is 70.0 cm³/mol. The van der Waals surface area contributed by atoms with E-state index >= 15 is 0 Å². The van der Waals surface area contributed by atoms with Gasteiger partial charge in [0.25, 0.3) is 0 Å². The molecule has 94 valence electrons. The molecule has 2 aromatic rings. The fourth-order valence-electron chi connectivity index (χ4n) is 1.63. The molecule has 0 bridgehead atoms. The molecule has 0 heterocycles. The molecule has 0 unspecified atom stereocenters. The lowest BCUT2D eigenvalue weighted by atomic mass is 10.2. The van der Waals surface area contributed by atoms with Gasteiger partial charge in [0.2, 0.25) is 0 Å². The van der Waals surface area contributed by atoms with Gasteiger partial charge in [-0.25, -0.2) is 4.39 Å². The minimum atomic E-state index is -0.273. The van der Waals surface area contributed by atoms with Gasteiger partial charge >= 0.3 is 0 Å². The molecule has 18 heavy (non-hydrogen) atoms. The zero-order valence-electron chi connectivity index (χ0n) is 10.1. The smallest absolute Gasteiger partial charge is 0.126 e. The normalized spacial score (nSPS) is 10.3. The highest BCUT2D eigenvalue weighted by atomic mass is 19.1. The Morgan fingerprint density at radius 1 is 1.00 bits per heavy atom. The quantitative estimate of drug-likeness (QED) is 0.790. The van der Waals surface area contributed by atoms with Gasteiger partial charge in [0, 0.05) is 19.2 Å². The van der Waals surface area contributed by atoms with Crippen molar-refractivity contribution in [2.75, 3.05) is 13.2 Å². The van der Waals surface area contributed by atoms with Crippen LogP contribution in [0.2, 0.25) is 0 Å². The standard InChI is InChI=1S/C15H16FNO/c16-14-7-4-8-15(11-14)18-10-9-17-12-13-5-2-1-3-6-13/h1-8,11,17H,9-10,12H2. The molecule has 0 fully saturated rings. The largest absolute Gasteiger partial charge is 0.492 e. The predicted octanol–water partition coefficient (Wildman–Crippen LogP) is 2.99. The third-order valence-electron chi connectivity index (χ3n) is 2.52. The summed E-state index contributed by atoms with van der Waals surface area (Å²) in [5.41, 5.74) is 1.24. The second-order valence-corrected chi connectivity index (χ2v) is 3.97. The van der Waals surface area contributed by atoms with E-state index in [4.69, 9.17) is 4.74 Å². The summed E-state index contributed by atoms with van der Waals surface area (Å²) < 4.78 is 18.3. The molecule has 0 atom stereocenters. The highest BCUT2D eigenvalue weighted by Gasteiger charge is 1.95. The first-order chi connectivity index (χ1) is 8.84. The van der Waals surface area contributed by atoms with Crippen molar-refractivity contribution < 1.29 is 9.13 Å². The lowest BCUT2D eigenvalue weighted by molar-refractivity contribution is 0.312. The Morgan fingerprint density at radius 3 is 2.61 bits per heavy atom. The van der Waals surface area contributed by atoms with Gasteiger partial charge in [0.1, 0.15) is 18.2 Å². The average molecular weight is 245 g/mol. The molecule has 0 amide bonds. The summed E-state index contributed by atoms with van der Waals surface area (Å²) in [6.07, 6.45) is 0. The third-order valence-corrected chi connectivity index (χ3v) is 2.52. The summed E-state index contributed by atoms with van der Waals surface area (Å²) >= 11 is 0. The van der Waals surface area contributed by atoms with Crippen molar-refractivity contribution in [3.63, 3.8) is 0 Å². The second-order valence-electron chi connectivity index (χ2n) is 3.97. The molecule has 0 radical (unpaired) electrons. The summed E-state index contributed by atoms with van der Waals surface area (Å²) in [4.78, 5) is 0. The maximum absolute atomic E-state index is 12.9. The number of hydrogen-bond acceptors (Lipinski definition) is 2. The minimum absolute atomic E-state index is 0.273. The Balaban J connectivity index is 1.65. The molecule has 0 saturated heterocycles. The molecule has 3 heteroatoms. The van der Waals surface area contributed by atoms with Crippen LogP contribution in [0.3, 0.4) is 0 Å². The first-order valence-corrected chi connectivity index (χ1v) is 5.97. The van der Waals surface area contributed by atoms with E-state index in [0.29, 0.717) is 12.4 Å². The van der Waals surface area contributed by atoms with E-state index in [0.717, 1.165) is 13.1 Å². The van der Waals surface area contributed by atoms with Crippen LogP contribution in [0.25, 0.3) is 0 Å². The van der Waals surface area contributed by atoms with E-state index in [1.807, 2.05) is 18.2 Å². The molecule has 0 spiro atoms. The van der Waals surface area contributed by atoms with Crippen LogP contribution < -0.4 is 10.1 Å². The number of halogens is 1. The van der Waals surface area contributed by atoms with E-state index in [-0.39, 0.29) is 5.82 Å². The highest BCUT2D eigenvalue weighted by Crippen LogP contribution is 2.11. The van der Waals surface area contributed by atoms with Gasteiger partial charge in [-0.1, -0.05) is 36.4 Å². The molecular formula is C15H16FNO. The van der Waals surface area contributed by atoms with E-state index in [2.05, 4.69) is 17.4 Å². The molecule has 0 aliphatic rings. The van der Waals surface area contributed by atoms with Gasteiger partial charge in [-0.3, -0.25) is 0 Å². The van der Waals surface area contributed by atoms with Gasteiger partial charge in [-0.15, -0.1) is 0 Å². The fourth-order valence-corrected chi connectivity index (χ4v) is 1.63. The Bertz CT molecular complexity index is 473. The number of benzene rings is 2. The molecule has 2 nitrogen and oxygen atoms in total. The molecule has 2 aromatic carbocycles. The Labute approximate surface area is 106 Å². The van der Waals surface area contributed by atoms with Gasteiger partial charge in [0.05, 0.1) is 0 Å². The van der Waals surface area contributed by atoms with Crippen molar-refractivity contribution in [1.82, 2.24) is 5.32 Å². The first kappa shape index (κ1) is 12.6. The van der Waals surface area contributed by atoms with Crippen LogP contribution in [0.1, 0.15) is 5.56 Å². The van der Waals surface area contributed by atoms with Gasteiger partial charge in [-0.05, 0) is 17.7 Å². The maximum atomic E-state index is 12.9. The van der Waals surface area contributed by atoms with Crippen molar-refractivity contribution in [1.29, 1.82) is 0 Å². The molecule has 2 rings (SSSR count). The highest BCUT2D eigenvalue weighted by molar-refractivity contribution is 5.22. The Hall–Kier alpha value is -1.87. The molecular weight excluding hydrogens is 229 g/mol. The Kier molecular flexibility index (Phi) is 4.73. The van der Waals surface area contributed by atoms with E-state index in [1.165, 1.54) is 17.7 Å². The lowest BCUT2D eigenvalue weighted by Gasteiger charge is -2.07. The fraction of sp³-hybridized carbons (Fsp3) is 0.200. The minimum Gasteiger partial charge on any atom is -0.492 e. The molecule has 1 N–H and O–H groups in total. The summed E-state index contributed by atoms with van der Waals surface area (Å²) in [5.74, 6) is 0.293. The van der Waals surface area contributed by atoms with E-state index in [1.54, 1.807) is 12.1 Å². The second kappa shape index (κ2) is 6.77. The number of rotatable bonds is 6. The van der Waals surface area contributed by atoms with Crippen LogP contribution in [0.15, 0.2) is 54.6 Å². The molecule has 0 saturated carbocycles. The maximum Gasteiger partial charge on any atom is 0.126 e. The van der Waals surface area contributed by atoms with Gasteiger partial charge in [0.15, 0.2) is 0 Å². The van der Waals surface area contributed by atoms with Crippen molar-refractivity contribution in [2.24, 2.45) is 0 Å². The van der Waals surface area contributed by atoms with E-state index < -0.39 is 0 Å². The summed E-state index contributed by atoms with van der Waals surface area (Å²) in [5, 5.41) is 3.27. The zero-order valence-corrected chi connectivity index (χ0v) is 10.1. The van der Waals surface area contributed by atoms with Crippen LogP contribution in [0.4, 0.5) is 4.39 Å². The van der Waals surface area contributed by atoms with Gasteiger partial charge < -0.3 is 10.1 Å². The first-order valence-electron chi connectivity index (χ1n) is 5.97. The zero-order chi connectivity index (χ0) is 12.6. The average Bonchev–Trinajstić information content (AvgIpc) is 2.40. The van der Waals surface area contributed by atoms with Crippen LogP contribution >= 0.6 is 0 Å². The van der Waals surface area contributed by atoms with Crippen LogP contribution in [0.5, 0.6) is 5.75 Å². The van der Waals surface area contributed by atoms with Crippen LogP contribution in [0, 0.1) is 5.82 Å². The topological polar surface area (TPSA) is 21.3 Å². The van der Waals surface area contributed by atoms with Crippen molar-refractivity contribution >= 4 is 0 Å². The molecule has 0 aromatic heterocycles. The van der Waals surface area contributed by atoms with Crippen molar-refractivity contribution in [3.05, 3.63) is 66.0 Å². The number of nitrogens with one attached hydrogen (secondary N) is 1. The third kappa shape index (κ3) is 4.18.